The molecular weight excluding hydrogens is 308 g/mol. The SMILES string of the molecule is CC(C)c1ccc(OC(OC2C3CC4CC(C3)CC2C4)C(C)C)cc1. The van der Waals surface area contributed by atoms with Gasteiger partial charge in [0, 0.05) is 5.92 Å². The maximum Gasteiger partial charge on any atom is 0.202 e. The lowest BCUT2D eigenvalue weighted by Gasteiger charge is -2.54. The Balaban J connectivity index is 1.43. The van der Waals surface area contributed by atoms with E-state index < -0.39 is 0 Å². The van der Waals surface area contributed by atoms with Crippen LogP contribution < -0.4 is 4.74 Å². The summed E-state index contributed by atoms with van der Waals surface area (Å²) in [6, 6.07) is 8.57. The molecule has 0 heterocycles. The number of hydrogen-bond acceptors (Lipinski definition) is 2. The first kappa shape index (κ1) is 17.4. The Morgan fingerprint density at radius 3 is 1.84 bits per heavy atom. The van der Waals surface area contributed by atoms with E-state index in [0.717, 1.165) is 29.4 Å². The third-order valence-electron chi connectivity index (χ3n) is 6.77. The summed E-state index contributed by atoms with van der Waals surface area (Å²) < 4.78 is 12.9. The Hall–Kier alpha value is -1.02. The van der Waals surface area contributed by atoms with Crippen LogP contribution in [-0.4, -0.2) is 12.4 Å². The average molecular weight is 343 g/mol. The van der Waals surface area contributed by atoms with Gasteiger partial charge in [0.05, 0.1) is 6.10 Å². The van der Waals surface area contributed by atoms with Crippen LogP contribution in [0.2, 0.25) is 0 Å². The van der Waals surface area contributed by atoms with E-state index in [1.807, 2.05) is 0 Å². The smallest absolute Gasteiger partial charge is 0.202 e. The van der Waals surface area contributed by atoms with Crippen molar-refractivity contribution in [2.45, 2.75) is 78.1 Å². The first-order chi connectivity index (χ1) is 12.0. The van der Waals surface area contributed by atoms with Crippen molar-refractivity contribution in [3.8, 4) is 5.75 Å². The van der Waals surface area contributed by atoms with E-state index in [2.05, 4.69) is 52.0 Å². The van der Waals surface area contributed by atoms with Gasteiger partial charge in [0.25, 0.3) is 0 Å². The van der Waals surface area contributed by atoms with E-state index in [-0.39, 0.29) is 6.29 Å². The third kappa shape index (κ3) is 3.60. The largest absolute Gasteiger partial charge is 0.465 e. The highest BCUT2D eigenvalue weighted by molar-refractivity contribution is 5.29. The topological polar surface area (TPSA) is 18.5 Å². The molecule has 25 heavy (non-hydrogen) atoms. The van der Waals surface area contributed by atoms with E-state index >= 15 is 0 Å². The first-order valence-corrected chi connectivity index (χ1v) is 10.4. The van der Waals surface area contributed by atoms with Gasteiger partial charge in [0.2, 0.25) is 6.29 Å². The number of ether oxygens (including phenoxy) is 2. The lowest BCUT2D eigenvalue weighted by molar-refractivity contribution is -0.210. The van der Waals surface area contributed by atoms with E-state index in [0.29, 0.717) is 17.9 Å². The van der Waals surface area contributed by atoms with Crippen LogP contribution in [0.25, 0.3) is 0 Å². The van der Waals surface area contributed by atoms with Crippen molar-refractivity contribution >= 4 is 0 Å². The minimum absolute atomic E-state index is 0.132. The summed E-state index contributed by atoms with van der Waals surface area (Å²) in [5.74, 6) is 5.40. The summed E-state index contributed by atoms with van der Waals surface area (Å²) in [5, 5.41) is 0. The Labute approximate surface area is 153 Å². The molecule has 0 amide bonds. The normalized spacial score (nSPS) is 34.7. The van der Waals surface area contributed by atoms with Crippen molar-refractivity contribution in [3.63, 3.8) is 0 Å². The molecule has 4 bridgehead atoms. The Morgan fingerprint density at radius 2 is 1.36 bits per heavy atom. The van der Waals surface area contributed by atoms with Crippen LogP contribution in [0, 0.1) is 29.6 Å². The standard InChI is InChI=1S/C23H34O2/c1-14(2)18-5-7-21(8-6-18)24-23(15(3)4)25-22-19-10-16-9-17(12-19)13-20(22)11-16/h5-8,14-17,19-20,22-23H,9-13H2,1-4H3. The molecule has 0 aromatic heterocycles. The summed E-state index contributed by atoms with van der Waals surface area (Å²) in [4.78, 5) is 0. The van der Waals surface area contributed by atoms with Gasteiger partial charge in [-0.3, -0.25) is 0 Å². The minimum atomic E-state index is -0.132. The first-order valence-electron chi connectivity index (χ1n) is 10.4. The molecule has 2 heteroatoms. The lowest BCUT2D eigenvalue weighted by atomic mass is 9.55. The predicted octanol–water partition coefficient (Wildman–Crippen LogP) is 6.01. The number of benzene rings is 1. The zero-order valence-corrected chi connectivity index (χ0v) is 16.3. The minimum Gasteiger partial charge on any atom is -0.465 e. The molecule has 4 fully saturated rings. The van der Waals surface area contributed by atoms with Crippen LogP contribution in [0.5, 0.6) is 5.75 Å². The molecule has 1 aromatic carbocycles. The molecule has 0 saturated heterocycles. The molecule has 0 spiro atoms. The molecule has 4 saturated carbocycles. The van der Waals surface area contributed by atoms with E-state index in [4.69, 9.17) is 9.47 Å². The molecule has 5 rings (SSSR count). The van der Waals surface area contributed by atoms with E-state index in [1.165, 1.54) is 37.7 Å². The molecular formula is C23H34O2. The van der Waals surface area contributed by atoms with Gasteiger partial charge in [-0.1, -0.05) is 39.8 Å². The van der Waals surface area contributed by atoms with Gasteiger partial charge in [-0.15, -0.1) is 0 Å². The van der Waals surface area contributed by atoms with Crippen LogP contribution in [0.15, 0.2) is 24.3 Å². The van der Waals surface area contributed by atoms with Crippen LogP contribution in [0.4, 0.5) is 0 Å². The quantitative estimate of drug-likeness (QED) is 0.589. The van der Waals surface area contributed by atoms with E-state index in [9.17, 15) is 0 Å². The van der Waals surface area contributed by atoms with Gasteiger partial charge in [-0.25, -0.2) is 0 Å². The number of rotatable bonds is 6. The predicted molar refractivity (Wildman–Crippen MR) is 102 cm³/mol. The van der Waals surface area contributed by atoms with Gasteiger partial charge < -0.3 is 9.47 Å². The Bertz CT molecular complexity index is 546. The third-order valence-corrected chi connectivity index (χ3v) is 6.77. The molecule has 2 nitrogen and oxygen atoms in total. The van der Waals surface area contributed by atoms with Gasteiger partial charge in [0.1, 0.15) is 5.75 Å². The van der Waals surface area contributed by atoms with Crippen molar-refractivity contribution in [2.75, 3.05) is 0 Å². The van der Waals surface area contributed by atoms with Crippen molar-refractivity contribution in [1.82, 2.24) is 0 Å². The fraction of sp³-hybridized carbons (Fsp3) is 0.739. The van der Waals surface area contributed by atoms with Crippen LogP contribution in [-0.2, 0) is 4.74 Å². The summed E-state index contributed by atoms with van der Waals surface area (Å²) in [7, 11) is 0. The van der Waals surface area contributed by atoms with Crippen molar-refractivity contribution in [1.29, 1.82) is 0 Å². The highest BCUT2D eigenvalue weighted by Crippen LogP contribution is 2.55. The van der Waals surface area contributed by atoms with Crippen molar-refractivity contribution in [2.24, 2.45) is 29.6 Å². The monoisotopic (exact) mass is 342 g/mol. The Morgan fingerprint density at radius 1 is 0.800 bits per heavy atom. The maximum atomic E-state index is 6.65. The van der Waals surface area contributed by atoms with E-state index in [1.54, 1.807) is 0 Å². The van der Waals surface area contributed by atoms with Crippen molar-refractivity contribution < 1.29 is 9.47 Å². The highest BCUT2D eigenvalue weighted by Gasteiger charge is 2.49. The van der Waals surface area contributed by atoms with Gasteiger partial charge >= 0.3 is 0 Å². The second-order valence-corrected chi connectivity index (χ2v) is 9.49. The molecule has 0 N–H and O–H groups in total. The fourth-order valence-corrected chi connectivity index (χ4v) is 5.64. The molecule has 1 unspecified atom stereocenters. The van der Waals surface area contributed by atoms with Gasteiger partial charge in [-0.2, -0.15) is 0 Å². The van der Waals surface area contributed by atoms with Crippen LogP contribution in [0.3, 0.4) is 0 Å². The summed E-state index contributed by atoms with van der Waals surface area (Å²) in [6.45, 7) is 8.87. The maximum absolute atomic E-state index is 6.65. The Kier molecular flexibility index (Phi) is 4.83. The summed E-state index contributed by atoms with van der Waals surface area (Å²) >= 11 is 0. The number of hydrogen-bond donors (Lipinski definition) is 0. The lowest BCUT2D eigenvalue weighted by Crippen LogP contribution is -2.51. The van der Waals surface area contributed by atoms with Crippen molar-refractivity contribution in [3.05, 3.63) is 29.8 Å². The second kappa shape index (κ2) is 6.95. The van der Waals surface area contributed by atoms with Crippen LogP contribution in [0.1, 0.15) is 71.3 Å². The second-order valence-electron chi connectivity index (χ2n) is 9.49. The molecule has 1 aromatic rings. The summed E-state index contributed by atoms with van der Waals surface area (Å²) in [5.41, 5.74) is 1.36. The zero-order valence-electron chi connectivity index (χ0n) is 16.3. The summed E-state index contributed by atoms with van der Waals surface area (Å²) in [6.07, 6.45) is 7.36. The van der Waals surface area contributed by atoms with Crippen LogP contribution >= 0.6 is 0 Å². The highest BCUT2D eigenvalue weighted by atomic mass is 16.7. The molecule has 138 valence electrons. The molecule has 4 aliphatic carbocycles. The molecule has 0 radical (unpaired) electrons. The zero-order chi connectivity index (χ0) is 17.6. The van der Waals surface area contributed by atoms with Gasteiger partial charge in [-0.05, 0) is 79.4 Å². The average Bonchev–Trinajstić information content (AvgIpc) is 2.56. The molecule has 4 aliphatic rings. The van der Waals surface area contributed by atoms with Gasteiger partial charge in [0.15, 0.2) is 0 Å². The molecule has 0 aliphatic heterocycles. The fourth-order valence-electron chi connectivity index (χ4n) is 5.64. The molecule has 1 atom stereocenters.